The number of hydrogen-bond donors (Lipinski definition) is 0. The molecule has 2 heteroatoms. The summed E-state index contributed by atoms with van der Waals surface area (Å²) in [6.45, 7) is 1.01. The van der Waals surface area contributed by atoms with Gasteiger partial charge in [0.25, 0.3) is 0 Å². The molecule has 0 spiro atoms. The third-order valence-electron chi connectivity index (χ3n) is 5.27. The number of rotatable bonds is 3. The normalized spacial score (nSPS) is 26.4. The lowest BCUT2D eigenvalue weighted by Gasteiger charge is -2.34. The predicted molar refractivity (Wildman–Crippen MR) is 93.0 cm³/mol. The minimum absolute atomic E-state index is 0.101. The van der Waals surface area contributed by atoms with Gasteiger partial charge in [-0.15, -0.1) is 0 Å². The molecule has 0 radical (unpaired) electrons. The SMILES string of the molecule is c1ccc(C2CN(C3CCCCC3)C(c3ccccc3)O2)cc1. The molecule has 120 valence electrons. The Morgan fingerprint density at radius 2 is 1.35 bits per heavy atom. The van der Waals surface area contributed by atoms with Crippen LogP contribution in [0, 0.1) is 0 Å². The van der Waals surface area contributed by atoms with Crippen LogP contribution < -0.4 is 0 Å². The lowest BCUT2D eigenvalue weighted by molar-refractivity contribution is -0.0222. The van der Waals surface area contributed by atoms with Crippen molar-refractivity contribution in [2.75, 3.05) is 6.54 Å². The predicted octanol–water partition coefficient (Wildman–Crippen LogP) is 5.09. The van der Waals surface area contributed by atoms with E-state index in [0.717, 1.165) is 6.54 Å². The van der Waals surface area contributed by atoms with Gasteiger partial charge in [-0.3, -0.25) is 4.90 Å². The van der Waals surface area contributed by atoms with Crippen molar-refractivity contribution in [1.82, 2.24) is 4.90 Å². The highest BCUT2D eigenvalue weighted by molar-refractivity contribution is 5.23. The van der Waals surface area contributed by atoms with Crippen molar-refractivity contribution in [3.05, 3.63) is 71.8 Å². The number of nitrogens with zero attached hydrogens (tertiary/aromatic N) is 1. The molecule has 1 saturated heterocycles. The standard InChI is InChI=1S/C21H25NO/c1-4-10-17(11-5-1)20-16-22(19-14-8-3-9-15-19)21(23-20)18-12-6-2-7-13-18/h1-2,4-7,10-13,19-21H,3,8-9,14-16H2. The van der Waals surface area contributed by atoms with Gasteiger partial charge in [-0.1, -0.05) is 79.9 Å². The molecule has 1 heterocycles. The molecule has 2 fully saturated rings. The summed E-state index contributed by atoms with van der Waals surface area (Å²) in [5.41, 5.74) is 2.59. The lowest BCUT2D eigenvalue weighted by Crippen LogP contribution is -2.36. The van der Waals surface area contributed by atoms with Gasteiger partial charge in [0.2, 0.25) is 0 Å². The van der Waals surface area contributed by atoms with Crippen LogP contribution in [-0.4, -0.2) is 17.5 Å². The molecule has 2 nitrogen and oxygen atoms in total. The maximum atomic E-state index is 6.53. The first kappa shape index (κ1) is 14.9. The molecule has 1 aliphatic heterocycles. The van der Waals surface area contributed by atoms with E-state index in [4.69, 9.17) is 4.74 Å². The summed E-state index contributed by atoms with van der Waals surface area (Å²) < 4.78 is 6.53. The molecule has 2 aliphatic rings. The van der Waals surface area contributed by atoms with Gasteiger partial charge in [0, 0.05) is 12.6 Å². The summed E-state index contributed by atoms with van der Waals surface area (Å²) in [5, 5.41) is 0. The average molecular weight is 307 g/mol. The van der Waals surface area contributed by atoms with Gasteiger partial charge in [0.05, 0.1) is 6.10 Å². The number of ether oxygens (including phenoxy) is 1. The highest BCUT2D eigenvalue weighted by atomic mass is 16.5. The van der Waals surface area contributed by atoms with Gasteiger partial charge < -0.3 is 4.74 Å². The second kappa shape index (κ2) is 6.86. The lowest BCUT2D eigenvalue weighted by atomic mass is 9.93. The Kier molecular flexibility index (Phi) is 4.45. The van der Waals surface area contributed by atoms with E-state index in [1.165, 1.54) is 43.2 Å². The molecule has 0 aromatic heterocycles. The quantitative estimate of drug-likeness (QED) is 0.783. The Balaban J connectivity index is 1.61. The maximum absolute atomic E-state index is 6.53. The highest BCUT2D eigenvalue weighted by Crippen LogP contribution is 2.41. The molecule has 0 N–H and O–H groups in total. The van der Waals surface area contributed by atoms with E-state index in [2.05, 4.69) is 65.6 Å². The Labute approximate surface area is 139 Å². The minimum atomic E-state index is 0.101. The molecular weight excluding hydrogens is 282 g/mol. The van der Waals surface area contributed by atoms with Crippen LogP contribution in [0.3, 0.4) is 0 Å². The van der Waals surface area contributed by atoms with E-state index in [-0.39, 0.29) is 12.3 Å². The summed E-state index contributed by atoms with van der Waals surface area (Å²) in [6, 6.07) is 22.1. The van der Waals surface area contributed by atoms with E-state index in [0.29, 0.717) is 6.04 Å². The highest BCUT2D eigenvalue weighted by Gasteiger charge is 2.38. The Morgan fingerprint density at radius 3 is 2.00 bits per heavy atom. The zero-order valence-electron chi connectivity index (χ0n) is 13.6. The summed E-state index contributed by atoms with van der Waals surface area (Å²) >= 11 is 0. The number of benzene rings is 2. The average Bonchev–Trinajstić information content (AvgIpc) is 3.09. The molecule has 1 saturated carbocycles. The second-order valence-corrected chi connectivity index (χ2v) is 6.79. The Hall–Kier alpha value is -1.64. The second-order valence-electron chi connectivity index (χ2n) is 6.79. The first-order valence-corrected chi connectivity index (χ1v) is 8.93. The Bertz CT molecular complexity index is 606. The van der Waals surface area contributed by atoms with E-state index >= 15 is 0 Å². The largest absolute Gasteiger partial charge is 0.350 e. The molecule has 2 aromatic carbocycles. The van der Waals surface area contributed by atoms with Gasteiger partial charge in [0.1, 0.15) is 6.23 Å². The van der Waals surface area contributed by atoms with E-state index in [9.17, 15) is 0 Å². The molecular formula is C21H25NO. The molecule has 0 amide bonds. The minimum Gasteiger partial charge on any atom is -0.350 e. The molecule has 2 aromatic rings. The van der Waals surface area contributed by atoms with Crippen molar-refractivity contribution in [2.24, 2.45) is 0 Å². The smallest absolute Gasteiger partial charge is 0.138 e. The Morgan fingerprint density at radius 1 is 0.739 bits per heavy atom. The van der Waals surface area contributed by atoms with Crippen LogP contribution in [-0.2, 0) is 4.74 Å². The van der Waals surface area contributed by atoms with E-state index in [1.807, 2.05) is 0 Å². The van der Waals surface area contributed by atoms with Gasteiger partial charge in [-0.05, 0) is 24.0 Å². The fourth-order valence-corrected chi connectivity index (χ4v) is 4.06. The van der Waals surface area contributed by atoms with Gasteiger partial charge in [-0.2, -0.15) is 0 Å². The van der Waals surface area contributed by atoms with Crippen molar-refractivity contribution in [1.29, 1.82) is 0 Å². The monoisotopic (exact) mass is 307 g/mol. The first-order valence-electron chi connectivity index (χ1n) is 8.93. The third kappa shape index (κ3) is 3.19. The van der Waals surface area contributed by atoms with E-state index < -0.39 is 0 Å². The fourth-order valence-electron chi connectivity index (χ4n) is 4.06. The van der Waals surface area contributed by atoms with Crippen LogP contribution >= 0.6 is 0 Å². The maximum Gasteiger partial charge on any atom is 0.138 e. The van der Waals surface area contributed by atoms with Crippen LogP contribution in [0.2, 0.25) is 0 Å². The molecule has 2 unspecified atom stereocenters. The van der Waals surface area contributed by atoms with Crippen molar-refractivity contribution in [2.45, 2.75) is 50.5 Å². The van der Waals surface area contributed by atoms with E-state index in [1.54, 1.807) is 0 Å². The van der Waals surface area contributed by atoms with Gasteiger partial charge in [-0.25, -0.2) is 0 Å². The molecule has 0 bridgehead atoms. The summed E-state index contributed by atoms with van der Waals surface area (Å²) in [7, 11) is 0. The van der Waals surface area contributed by atoms with Gasteiger partial charge >= 0.3 is 0 Å². The fraction of sp³-hybridized carbons (Fsp3) is 0.429. The van der Waals surface area contributed by atoms with Crippen LogP contribution in [0.15, 0.2) is 60.7 Å². The first-order chi connectivity index (χ1) is 11.4. The molecule has 1 aliphatic carbocycles. The molecule has 2 atom stereocenters. The van der Waals surface area contributed by atoms with Crippen molar-refractivity contribution < 1.29 is 4.74 Å². The molecule has 4 rings (SSSR count). The van der Waals surface area contributed by atoms with Crippen LogP contribution in [0.5, 0.6) is 0 Å². The third-order valence-corrected chi connectivity index (χ3v) is 5.27. The van der Waals surface area contributed by atoms with Crippen molar-refractivity contribution in [3.8, 4) is 0 Å². The van der Waals surface area contributed by atoms with Crippen LogP contribution in [0.1, 0.15) is 55.6 Å². The summed E-state index contributed by atoms with van der Waals surface area (Å²) in [6.07, 6.45) is 7.02. The van der Waals surface area contributed by atoms with Crippen LogP contribution in [0.25, 0.3) is 0 Å². The zero-order valence-corrected chi connectivity index (χ0v) is 13.6. The van der Waals surface area contributed by atoms with Crippen molar-refractivity contribution >= 4 is 0 Å². The topological polar surface area (TPSA) is 12.5 Å². The van der Waals surface area contributed by atoms with Crippen molar-refractivity contribution in [3.63, 3.8) is 0 Å². The summed E-state index contributed by atoms with van der Waals surface area (Å²) in [5.74, 6) is 0. The molecule has 23 heavy (non-hydrogen) atoms. The summed E-state index contributed by atoms with van der Waals surface area (Å²) in [4.78, 5) is 2.62. The van der Waals surface area contributed by atoms with Crippen LogP contribution in [0.4, 0.5) is 0 Å². The zero-order chi connectivity index (χ0) is 15.5. The number of hydrogen-bond acceptors (Lipinski definition) is 2. The van der Waals surface area contributed by atoms with Gasteiger partial charge in [0.15, 0.2) is 0 Å².